The fraction of sp³-hybridized carbons (Fsp3) is 0.474. The molecule has 1 aliphatic heterocycles. The molecule has 29 heavy (non-hydrogen) atoms. The Labute approximate surface area is 173 Å². The number of nitrogens with one attached hydrogen (secondary N) is 2. The Balaban J connectivity index is 1.89. The first-order valence-electron chi connectivity index (χ1n) is 9.18. The summed E-state index contributed by atoms with van der Waals surface area (Å²) in [7, 11) is 0. The fourth-order valence-electron chi connectivity index (χ4n) is 2.59. The van der Waals surface area contributed by atoms with Crippen LogP contribution in [0, 0.1) is 0 Å². The molecule has 0 bridgehead atoms. The minimum Gasteiger partial charge on any atom is -0.484 e. The van der Waals surface area contributed by atoms with Gasteiger partial charge in [0.15, 0.2) is 12.7 Å². The number of para-hydroxylation sites is 1. The van der Waals surface area contributed by atoms with E-state index in [0.29, 0.717) is 24.5 Å². The Morgan fingerprint density at radius 3 is 2.62 bits per heavy atom. The molecule has 0 radical (unpaired) electrons. The van der Waals surface area contributed by atoms with Gasteiger partial charge >= 0.3 is 12.0 Å². The lowest BCUT2D eigenvalue weighted by Crippen LogP contribution is -2.47. The molecule has 2 atom stereocenters. The summed E-state index contributed by atoms with van der Waals surface area (Å²) in [5.41, 5.74) is 0. The van der Waals surface area contributed by atoms with Crippen molar-refractivity contribution in [3.63, 3.8) is 0 Å². The number of urea groups is 1. The van der Waals surface area contributed by atoms with Crippen molar-refractivity contribution >= 4 is 35.6 Å². The zero-order chi connectivity index (χ0) is 21.2. The van der Waals surface area contributed by atoms with Crippen molar-refractivity contribution in [2.24, 2.45) is 0 Å². The maximum atomic E-state index is 12.5. The second-order valence-electron chi connectivity index (χ2n) is 6.30. The van der Waals surface area contributed by atoms with E-state index in [-0.39, 0.29) is 13.2 Å². The summed E-state index contributed by atoms with van der Waals surface area (Å²) < 4.78 is 10.6. The van der Waals surface area contributed by atoms with Crippen molar-refractivity contribution in [3.05, 3.63) is 30.3 Å². The molecule has 1 heterocycles. The van der Waals surface area contributed by atoms with Gasteiger partial charge in [0, 0.05) is 13.1 Å². The third-order valence-corrected chi connectivity index (χ3v) is 4.75. The van der Waals surface area contributed by atoms with Gasteiger partial charge in [0.2, 0.25) is 0 Å². The van der Waals surface area contributed by atoms with Crippen LogP contribution in [0.15, 0.2) is 30.3 Å². The number of esters is 1. The molecule has 4 amide bonds. The highest BCUT2D eigenvalue weighted by molar-refractivity contribution is 7.98. The van der Waals surface area contributed by atoms with Gasteiger partial charge in [-0.15, -0.1) is 0 Å². The summed E-state index contributed by atoms with van der Waals surface area (Å²) >= 11 is 1.51. The van der Waals surface area contributed by atoms with Crippen LogP contribution >= 0.6 is 11.8 Å². The largest absolute Gasteiger partial charge is 0.484 e. The fourth-order valence-corrected chi connectivity index (χ4v) is 3.07. The predicted octanol–water partition coefficient (Wildman–Crippen LogP) is 0.787. The first-order valence-corrected chi connectivity index (χ1v) is 10.6. The van der Waals surface area contributed by atoms with Gasteiger partial charge < -0.3 is 20.1 Å². The third-order valence-electron chi connectivity index (χ3n) is 4.11. The number of nitrogens with zero attached hydrogens (tertiary/aromatic N) is 1. The van der Waals surface area contributed by atoms with E-state index in [2.05, 4.69) is 10.6 Å². The standard InChI is InChI=1S/C19H25N3O6S/c1-13(17(24)22-10-9-20-19(22)26)28-18(25)15(8-11-29-2)21-16(23)12-27-14-6-4-3-5-7-14/h3-7,13,15H,8-12H2,1-2H3,(H,20,26)(H,21,23)/t13-,15-/m0/s1. The number of thioether (sulfide) groups is 1. The molecule has 0 saturated carbocycles. The van der Waals surface area contributed by atoms with E-state index in [1.165, 1.54) is 18.7 Å². The lowest BCUT2D eigenvalue weighted by molar-refractivity contribution is -0.160. The van der Waals surface area contributed by atoms with Crippen LogP contribution in [-0.4, -0.2) is 72.6 Å². The number of carbonyl (C=O) groups excluding carboxylic acids is 4. The number of rotatable bonds is 10. The number of hydrogen-bond donors (Lipinski definition) is 2. The van der Waals surface area contributed by atoms with E-state index in [9.17, 15) is 19.2 Å². The number of amides is 4. The Morgan fingerprint density at radius 1 is 1.28 bits per heavy atom. The average Bonchev–Trinajstić information content (AvgIpc) is 3.15. The van der Waals surface area contributed by atoms with E-state index in [1.54, 1.807) is 24.3 Å². The number of carbonyl (C=O) groups is 4. The van der Waals surface area contributed by atoms with Gasteiger partial charge in [-0.1, -0.05) is 18.2 Å². The van der Waals surface area contributed by atoms with Crippen LogP contribution in [-0.2, 0) is 19.1 Å². The number of benzene rings is 1. The molecule has 1 fully saturated rings. The van der Waals surface area contributed by atoms with Crippen LogP contribution in [0.25, 0.3) is 0 Å². The van der Waals surface area contributed by atoms with Crippen molar-refractivity contribution in [2.75, 3.05) is 31.7 Å². The van der Waals surface area contributed by atoms with Crippen molar-refractivity contribution in [1.29, 1.82) is 0 Å². The Bertz CT molecular complexity index is 730. The van der Waals surface area contributed by atoms with E-state index in [1.807, 2.05) is 12.3 Å². The summed E-state index contributed by atoms with van der Waals surface area (Å²) in [6.07, 6.45) is 1.07. The second-order valence-corrected chi connectivity index (χ2v) is 7.29. The molecule has 0 aromatic heterocycles. The van der Waals surface area contributed by atoms with E-state index in [4.69, 9.17) is 9.47 Å². The van der Waals surface area contributed by atoms with E-state index >= 15 is 0 Å². The van der Waals surface area contributed by atoms with Crippen LogP contribution in [0.1, 0.15) is 13.3 Å². The zero-order valence-electron chi connectivity index (χ0n) is 16.4. The number of ether oxygens (including phenoxy) is 2. The van der Waals surface area contributed by atoms with Crippen molar-refractivity contribution in [1.82, 2.24) is 15.5 Å². The summed E-state index contributed by atoms with van der Waals surface area (Å²) in [6, 6.07) is 7.40. The summed E-state index contributed by atoms with van der Waals surface area (Å²) in [5.74, 6) is -0.664. The molecule has 0 spiro atoms. The quantitative estimate of drug-likeness (QED) is 0.535. The summed E-state index contributed by atoms with van der Waals surface area (Å²) in [6.45, 7) is 1.73. The van der Waals surface area contributed by atoms with Crippen molar-refractivity contribution in [2.45, 2.75) is 25.5 Å². The molecule has 1 aliphatic rings. The molecule has 1 aromatic rings. The van der Waals surface area contributed by atoms with Gasteiger partial charge in [0.1, 0.15) is 11.8 Å². The molecule has 2 rings (SSSR count). The SMILES string of the molecule is CSCC[C@H](NC(=O)COc1ccccc1)C(=O)O[C@@H](C)C(=O)N1CCNC1=O. The average molecular weight is 423 g/mol. The molecule has 1 saturated heterocycles. The summed E-state index contributed by atoms with van der Waals surface area (Å²) in [4.78, 5) is 49.6. The lowest BCUT2D eigenvalue weighted by Gasteiger charge is -2.22. The van der Waals surface area contributed by atoms with Crippen LogP contribution in [0.4, 0.5) is 4.79 Å². The highest BCUT2D eigenvalue weighted by Gasteiger charge is 2.33. The molecule has 9 nitrogen and oxygen atoms in total. The van der Waals surface area contributed by atoms with Crippen molar-refractivity contribution in [3.8, 4) is 5.75 Å². The first-order chi connectivity index (χ1) is 13.9. The topological polar surface area (TPSA) is 114 Å². The van der Waals surface area contributed by atoms with Crippen LogP contribution in [0.5, 0.6) is 5.75 Å². The maximum Gasteiger partial charge on any atom is 0.329 e. The molecule has 1 aromatic carbocycles. The maximum absolute atomic E-state index is 12.5. The third kappa shape index (κ3) is 6.97. The normalized spacial score (nSPS) is 15.2. The molecule has 158 valence electrons. The van der Waals surface area contributed by atoms with Crippen LogP contribution < -0.4 is 15.4 Å². The molecule has 0 unspecified atom stereocenters. The number of imide groups is 1. The predicted molar refractivity (Wildman–Crippen MR) is 108 cm³/mol. The molecule has 2 N–H and O–H groups in total. The molecule has 10 heteroatoms. The Morgan fingerprint density at radius 2 is 2.00 bits per heavy atom. The minimum absolute atomic E-state index is 0.225. The van der Waals surface area contributed by atoms with E-state index < -0.39 is 36.0 Å². The minimum atomic E-state index is -1.14. The van der Waals surface area contributed by atoms with Crippen LogP contribution in [0.3, 0.4) is 0 Å². The van der Waals surface area contributed by atoms with Gasteiger partial charge in [-0.25, -0.2) is 9.59 Å². The van der Waals surface area contributed by atoms with Crippen molar-refractivity contribution < 1.29 is 28.7 Å². The molecular weight excluding hydrogens is 398 g/mol. The smallest absolute Gasteiger partial charge is 0.329 e. The highest BCUT2D eigenvalue weighted by Crippen LogP contribution is 2.10. The first kappa shape index (κ1) is 22.5. The van der Waals surface area contributed by atoms with Gasteiger partial charge in [0.25, 0.3) is 11.8 Å². The second kappa shape index (κ2) is 11.3. The van der Waals surface area contributed by atoms with Gasteiger partial charge in [-0.3, -0.25) is 14.5 Å². The summed E-state index contributed by atoms with van der Waals surface area (Å²) in [5, 5.41) is 5.10. The highest BCUT2D eigenvalue weighted by atomic mass is 32.2. The van der Waals surface area contributed by atoms with Gasteiger partial charge in [0.05, 0.1) is 0 Å². The monoisotopic (exact) mass is 423 g/mol. The molecular formula is C19H25N3O6S. The van der Waals surface area contributed by atoms with Gasteiger partial charge in [-0.05, 0) is 37.5 Å². The number of hydrogen-bond acceptors (Lipinski definition) is 7. The van der Waals surface area contributed by atoms with E-state index in [0.717, 1.165) is 4.90 Å². The Kier molecular flexibility index (Phi) is 8.78. The lowest BCUT2D eigenvalue weighted by atomic mass is 10.2. The zero-order valence-corrected chi connectivity index (χ0v) is 17.2. The van der Waals surface area contributed by atoms with Gasteiger partial charge in [-0.2, -0.15) is 11.8 Å². The van der Waals surface area contributed by atoms with Crippen LogP contribution in [0.2, 0.25) is 0 Å². The molecule has 0 aliphatic carbocycles. The Hall–Kier alpha value is -2.75.